The lowest BCUT2D eigenvalue weighted by Gasteiger charge is -2.29. The van der Waals surface area contributed by atoms with Crippen LogP contribution in [0, 0.1) is 0 Å². The molecule has 1 fully saturated rings. The van der Waals surface area contributed by atoms with Crippen LogP contribution in [-0.4, -0.2) is 60.3 Å². The predicted octanol–water partition coefficient (Wildman–Crippen LogP) is 1.17. The first-order chi connectivity index (χ1) is 7.13. The second-order valence-corrected chi connectivity index (χ2v) is 4.90. The third kappa shape index (κ3) is 4.49. The van der Waals surface area contributed by atoms with Gasteiger partial charge in [0.2, 0.25) is 0 Å². The summed E-state index contributed by atoms with van der Waals surface area (Å²) in [6, 6.07) is 0.573. The second kappa shape index (κ2) is 6.46. The molecule has 0 aromatic rings. The van der Waals surface area contributed by atoms with Crippen molar-refractivity contribution in [3.63, 3.8) is 0 Å². The van der Waals surface area contributed by atoms with Gasteiger partial charge in [-0.15, -0.1) is 0 Å². The third-order valence-corrected chi connectivity index (χ3v) is 3.25. The van der Waals surface area contributed by atoms with E-state index in [-0.39, 0.29) is 6.10 Å². The molecule has 1 saturated heterocycles. The first-order valence-electron chi connectivity index (χ1n) is 6.24. The largest absolute Gasteiger partial charge is 0.392 e. The molecule has 1 aliphatic rings. The predicted molar refractivity (Wildman–Crippen MR) is 64.1 cm³/mol. The SMILES string of the molecule is CCCC(O)CN1CCCN(C)CC1C. The van der Waals surface area contributed by atoms with Crippen molar-refractivity contribution >= 4 is 0 Å². The molecule has 90 valence electrons. The van der Waals surface area contributed by atoms with Gasteiger partial charge in [-0.3, -0.25) is 4.90 Å². The Bertz CT molecular complexity index is 175. The molecule has 0 amide bonds. The summed E-state index contributed by atoms with van der Waals surface area (Å²) >= 11 is 0. The monoisotopic (exact) mass is 214 g/mol. The Morgan fingerprint density at radius 2 is 2.13 bits per heavy atom. The highest BCUT2D eigenvalue weighted by atomic mass is 16.3. The lowest BCUT2D eigenvalue weighted by molar-refractivity contribution is 0.0856. The maximum absolute atomic E-state index is 9.82. The fourth-order valence-electron chi connectivity index (χ4n) is 2.39. The quantitative estimate of drug-likeness (QED) is 0.761. The molecule has 1 aliphatic heterocycles. The number of aliphatic hydroxyl groups is 1. The van der Waals surface area contributed by atoms with Gasteiger partial charge in [0.1, 0.15) is 0 Å². The van der Waals surface area contributed by atoms with Crippen LogP contribution in [0.4, 0.5) is 0 Å². The maximum Gasteiger partial charge on any atom is 0.0667 e. The summed E-state index contributed by atoms with van der Waals surface area (Å²) in [6.07, 6.45) is 3.09. The molecule has 0 bridgehead atoms. The van der Waals surface area contributed by atoms with Gasteiger partial charge in [0.15, 0.2) is 0 Å². The molecule has 15 heavy (non-hydrogen) atoms. The minimum Gasteiger partial charge on any atom is -0.392 e. The standard InChI is InChI=1S/C12H26N2O/c1-4-6-12(15)10-14-8-5-7-13(3)9-11(14)2/h11-12,15H,4-10H2,1-3H3. The normalized spacial score (nSPS) is 27.6. The molecule has 0 spiro atoms. The average Bonchev–Trinajstić information content (AvgIpc) is 2.29. The van der Waals surface area contributed by atoms with Crippen LogP contribution < -0.4 is 0 Å². The molecular formula is C12H26N2O. The van der Waals surface area contributed by atoms with Gasteiger partial charge in [-0.05, 0) is 39.9 Å². The van der Waals surface area contributed by atoms with Gasteiger partial charge < -0.3 is 10.0 Å². The van der Waals surface area contributed by atoms with Crippen LogP contribution in [0.3, 0.4) is 0 Å². The molecule has 0 radical (unpaired) electrons. The molecule has 1 rings (SSSR count). The second-order valence-electron chi connectivity index (χ2n) is 4.90. The molecule has 3 heteroatoms. The van der Waals surface area contributed by atoms with E-state index in [4.69, 9.17) is 0 Å². The highest BCUT2D eigenvalue weighted by molar-refractivity contribution is 4.77. The summed E-state index contributed by atoms with van der Waals surface area (Å²) < 4.78 is 0. The van der Waals surface area contributed by atoms with E-state index in [1.165, 1.54) is 13.0 Å². The fourth-order valence-corrected chi connectivity index (χ4v) is 2.39. The van der Waals surface area contributed by atoms with E-state index in [9.17, 15) is 5.11 Å². The summed E-state index contributed by atoms with van der Waals surface area (Å²) in [5, 5.41) is 9.82. The van der Waals surface area contributed by atoms with Gasteiger partial charge in [-0.25, -0.2) is 0 Å². The van der Waals surface area contributed by atoms with E-state index in [0.29, 0.717) is 6.04 Å². The first kappa shape index (κ1) is 12.9. The van der Waals surface area contributed by atoms with E-state index >= 15 is 0 Å². The van der Waals surface area contributed by atoms with Gasteiger partial charge in [0.25, 0.3) is 0 Å². The number of hydrogen-bond acceptors (Lipinski definition) is 3. The number of aliphatic hydroxyl groups excluding tert-OH is 1. The van der Waals surface area contributed by atoms with Crippen LogP contribution in [0.1, 0.15) is 33.1 Å². The van der Waals surface area contributed by atoms with Crippen molar-refractivity contribution < 1.29 is 5.11 Å². The van der Waals surface area contributed by atoms with Gasteiger partial charge in [-0.1, -0.05) is 13.3 Å². The molecule has 0 aromatic heterocycles. The molecule has 0 aliphatic carbocycles. The lowest BCUT2D eigenvalue weighted by atomic mass is 10.1. The van der Waals surface area contributed by atoms with Crippen molar-refractivity contribution in [3.05, 3.63) is 0 Å². The topological polar surface area (TPSA) is 26.7 Å². The van der Waals surface area contributed by atoms with E-state index in [0.717, 1.165) is 32.5 Å². The molecular weight excluding hydrogens is 188 g/mol. The zero-order valence-corrected chi connectivity index (χ0v) is 10.4. The Labute approximate surface area is 94.1 Å². The first-order valence-corrected chi connectivity index (χ1v) is 6.24. The fraction of sp³-hybridized carbons (Fsp3) is 1.00. The number of β-amino-alcohol motifs (C(OH)–C–C–N with tert-alkyl or cyclic N) is 1. The molecule has 0 saturated carbocycles. The summed E-state index contributed by atoms with van der Waals surface area (Å²) in [6.45, 7) is 8.68. The summed E-state index contributed by atoms with van der Waals surface area (Å²) in [5.41, 5.74) is 0. The van der Waals surface area contributed by atoms with Crippen molar-refractivity contribution in [2.45, 2.75) is 45.3 Å². The highest BCUT2D eigenvalue weighted by Gasteiger charge is 2.21. The van der Waals surface area contributed by atoms with Gasteiger partial charge in [0, 0.05) is 19.1 Å². The smallest absolute Gasteiger partial charge is 0.0667 e. The summed E-state index contributed by atoms with van der Waals surface area (Å²) in [5.74, 6) is 0. The van der Waals surface area contributed by atoms with Crippen molar-refractivity contribution in [2.75, 3.05) is 33.2 Å². The molecule has 2 atom stereocenters. The number of likely N-dealkylation sites (N-methyl/N-ethyl adjacent to an activating group) is 1. The molecule has 1 heterocycles. The van der Waals surface area contributed by atoms with Crippen molar-refractivity contribution in [1.82, 2.24) is 9.80 Å². The van der Waals surface area contributed by atoms with E-state index in [1.54, 1.807) is 0 Å². The van der Waals surface area contributed by atoms with Gasteiger partial charge in [0.05, 0.1) is 6.10 Å². The third-order valence-electron chi connectivity index (χ3n) is 3.25. The van der Waals surface area contributed by atoms with Crippen LogP contribution in [0.25, 0.3) is 0 Å². The van der Waals surface area contributed by atoms with E-state index < -0.39 is 0 Å². The van der Waals surface area contributed by atoms with E-state index in [2.05, 4.69) is 30.7 Å². The molecule has 1 N–H and O–H groups in total. The van der Waals surface area contributed by atoms with Crippen LogP contribution in [-0.2, 0) is 0 Å². The van der Waals surface area contributed by atoms with Crippen LogP contribution in [0.5, 0.6) is 0 Å². The molecule has 3 nitrogen and oxygen atoms in total. The minimum absolute atomic E-state index is 0.138. The minimum atomic E-state index is -0.138. The molecule has 0 aromatic carbocycles. The highest BCUT2D eigenvalue weighted by Crippen LogP contribution is 2.10. The lowest BCUT2D eigenvalue weighted by Crippen LogP contribution is -2.42. The maximum atomic E-state index is 9.82. The molecule has 2 unspecified atom stereocenters. The zero-order valence-electron chi connectivity index (χ0n) is 10.4. The van der Waals surface area contributed by atoms with Crippen molar-refractivity contribution in [1.29, 1.82) is 0 Å². The zero-order chi connectivity index (χ0) is 11.3. The van der Waals surface area contributed by atoms with Gasteiger partial charge in [-0.2, -0.15) is 0 Å². The Hall–Kier alpha value is -0.120. The number of nitrogens with zero attached hydrogens (tertiary/aromatic N) is 2. The number of rotatable bonds is 4. The van der Waals surface area contributed by atoms with E-state index in [1.807, 2.05) is 0 Å². The van der Waals surface area contributed by atoms with Crippen LogP contribution in [0.15, 0.2) is 0 Å². The van der Waals surface area contributed by atoms with Crippen LogP contribution >= 0.6 is 0 Å². The van der Waals surface area contributed by atoms with Crippen molar-refractivity contribution in [2.24, 2.45) is 0 Å². The summed E-state index contributed by atoms with van der Waals surface area (Å²) in [4.78, 5) is 4.82. The Morgan fingerprint density at radius 1 is 1.40 bits per heavy atom. The average molecular weight is 214 g/mol. The van der Waals surface area contributed by atoms with Crippen LogP contribution in [0.2, 0.25) is 0 Å². The summed E-state index contributed by atoms with van der Waals surface area (Å²) in [7, 11) is 2.18. The van der Waals surface area contributed by atoms with Crippen molar-refractivity contribution in [3.8, 4) is 0 Å². The Morgan fingerprint density at radius 3 is 2.80 bits per heavy atom. The Kier molecular flexibility index (Phi) is 5.58. The number of hydrogen-bond donors (Lipinski definition) is 1. The van der Waals surface area contributed by atoms with Gasteiger partial charge >= 0.3 is 0 Å². The Balaban J connectivity index is 2.38.